The summed E-state index contributed by atoms with van der Waals surface area (Å²) in [5.74, 6) is 0.183. The first-order valence-corrected chi connectivity index (χ1v) is 8.96. The maximum absolute atomic E-state index is 10.2. The second-order valence-corrected chi connectivity index (χ2v) is 7.73. The van der Waals surface area contributed by atoms with Crippen LogP contribution >= 0.6 is 22.9 Å². The van der Waals surface area contributed by atoms with Crippen molar-refractivity contribution in [1.82, 2.24) is 0 Å². The highest BCUT2D eigenvalue weighted by molar-refractivity contribution is 7.16. The summed E-state index contributed by atoms with van der Waals surface area (Å²) >= 11 is 7.52. The summed E-state index contributed by atoms with van der Waals surface area (Å²) in [5, 5.41) is 48.6. The number of thiophene rings is 1. The first-order valence-electron chi connectivity index (χ1n) is 7.77. The molecule has 0 radical (unpaired) electrons. The number of benzene rings is 1. The van der Waals surface area contributed by atoms with Crippen LogP contribution in [0.1, 0.15) is 22.1 Å². The second kappa shape index (κ2) is 7.59. The average Bonchev–Trinajstić information content (AvgIpc) is 2.95. The van der Waals surface area contributed by atoms with Crippen LogP contribution in [-0.4, -0.2) is 56.6 Å². The van der Waals surface area contributed by atoms with Gasteiger partial charge in [-0.2, -0.15) is 0 Å². The summed E-state index contributed by atoms with van der Waals surface area (Å²) in [6, 6.07) is 8.54. The molecule has 0 spiro atoms. The molecule has 5 atom stereocenters. The van der Waals surface area contributed by atoms with E-state index in [1.165, 1.54) is 11.3 Å². The molecule has 0 amide bonds. The number of rotatable bonds is 4. The average molecular weight is 387 g/mol. The van der Waals surface area contributed by atoms with Crippen LogP contribution in [0.3, 0.4) is 0 Å². The van der Waals surface area contributed by atoms with E-state index in [0.717, 1.165) is 11.1 Å². The highest BCUT2D eigenvalue weighted by atomic mass is 35.5. The van der Waals surface area contributed by atoms with Crippen molar-refractivity contribution in [2.24, 2.45) is 0 Å². The standard InChI is InChI=1S/C17H19ClO6S/c18-17-9(5-8-1-3-10(20)4-2-8)6-12(25-17)16-15(23)14(22)13(21)11(7-19)24-16/h1-4,6,11,13-16,19-23H,5,7H2/t11-,13-,14?,15-,16+/m1/s1. The van der Waals surface area contributed by atoms with Crippen LogP contribution in [-0.2, 0) is 11.2 Å². The maximum Gasteiger partial charge on any atom is 0.121 e. The number of hydrogen-bond donors (Lipinski definition) is 5. The first-order chi connectivity index (χ1) is 11.9. The molecule has 1 aromatic carbocycles. The van der Waals surface area contributed by atoms with E-state index in [0.29, 0.717) is 15.6 Å². The van der Waals surface area contributed by atoms with Crippen LogP contribution in [0, 0.1) is 0 Å². The fraction of sp³-hybridized carbons (Fsp3) is 0.412. The number of halogens is 1. The zero-order valence-corrected chi connectivity index (χ0v) is 14.7. The molecule has 136 valence electrons. The lowest BCUT2D eigenvalue weighted by atomic mass is 9.94. The zero-order chi connectivity index (χ0) is 18.1. The van der Waals surface area contributed by atoms with Crippen molar-refractivity contribution < 1.29 is 30.3 Å². The monoisotopic (exact) mass is 386 g/mol. The van der Waals surface area contributed by atoms with Crippen molar-refractivity contribution in [3.8, 4) is 5.75 Å². The summed E-state index contributed by atoms with van der Waals surface area (Å²) in [6.45, 7) is -0.471. The fourth-order valence-electron chi connectivity index (χ4n) is 2.86. The number of aromatic hydroxyl groups is 1. The molecule has 6 nitrogen and oxygen atoms in total. The van der Waals surface area contributed by atoms with Crippen molar-refractivity contribution in [3.05, 3.63) is 50.7 Å². The van der Waals surface area contributed by atoms with Gasteiger partial charge in [-0.1, -0.05) is 23.7 Å². The number of phenols is 1. The minimum absolute atomic E-state index is 0.183. The van der Waals surface area contributed by atoms with E-state index in [2.05, 4.69) is 0 Å². The van der Waals surface area contributed by atoms with Gasteiger partial charge < -0.3 is 30.3 Å². The predicted molar refractivity (Wildman–Crippen MR) is 93.0 cm³/mol. The van der Waals surface area contributed by atoms with Gasteiger partial charge in [-0.25, -0.2) is 0 Å². The van der Waals surface area contributed by atoms with Crippen molar-refractivity contribution in [2.75, 3.05) is 6.61 Å². The van der Waals surface area contributed by atoms with E-state index in [1.54, 1.807) is 30.3 Å². The smallest absolute Gasteiger partial charge is 0.121 e. The molecule has 5 N–H and O–H groups in total. The quantitative estimate of drug-likeness (QED) is 0.540. The lowest BCUT2D eigenvalue weighted by Crippen LogP contribution is -2.55. The highest BCUT2D eigenvalue weighted by Crippen LogP contribution is 2.39. The van der Waals surface area contributed by atoms with Gasteiger partial charge in [0.1, 0.15) is 36.3 Å². The van der Waals surface area contributed by atoms with E-state index in [9.17, 15) is 25.5 Å². The predicted octanol–water partition coefficient (Wildman–Crippen LogP) is 1.21. The van der Waals surface area contributed by atoms with Gasteiger partial charge in [-0.3, -0.25) is 0 Å². The summed E-state index contributed by atoms with van der Waals surface area (Å²) < 4.78 is 6.09. The molecular formula is C17H19ClO6S. The molecule has 1 aromatic heterocycles. The maximum atomic E-state index is 10.2. The minimum Gasteiger partial charge on any atom is -0.508 e. The second-order valence-electron chi connectivity index (χ2n) is 6.04. The van der Waals surface area contributed by atoms with E-state index < -0.39 is 37.1 Å². The number of aliphatic hydroxyl groups is 4. The Morgan fingerprint density at radius 1 is 1.04 bits per heavy atom. The summed E-state index contributed by atoms with van der Waals surface area (Å²) in [7, 11) is 0. The van der Waals surface area contributed by atoms with E-state index in [-0.39, 0.29) is 5.75 Å². The molecule has 2 heterocycles. The van der Waals surface area contributed by atoms with Crippen LogP contribution < -0.4 is 0 Å². The van der Waals surface area contributed by atoms with Gasteiger partial charge in [0.25, 0.3) is 0 Å². The lowest BCUT2D eigenvalue weighted by Gasteiger charge is -2.39. The Kier molecular flexibility index (Phi) is 5.65. The van der Waals surface area contributed by atoms with Crippen LogP contribution in [0.25, 0.3) is 0 Å². The Bertz CT molecular complexity index is 716. The summed E-state index contributed by atoms with van der Waals surface area (Å²) in [6.07, 6.45) is -5.43. The molecule has 0 aliphatic carbocycles. The van der Waals surface area contributed by atoms with Crippen LogP contribution in [0.15, 0.2) is 30.3 Å². The third kappa shape index (κ3) is 3.83. The SMILES string of the molecule is OC[C@H]1O[C@@H](c2cc(Cc3ccc(O)cc3)c(Cl)s2)[C@H](O)C(O)[C@@H]1O. The Balaban J connectivity index is 1.82. The van der Waals surface area contributed by atoms with Crippen LogP contribution in [0.2, 0.25) is 4.34 Å². The fourth-order valence-corrected chi connectivity index (χ4v) is 4.23. The molecule has 1 saturated heterocycles. The minimum atomic E-state index is -1.42. The third-order valence-corrected chi connectivity index (χ3v) is 5.78. The first kappa shape index (κ1) is 18.6. The normalized spacial score (nSPS) is 29.7. The van der Waals surface area contributed by atoms with Crippen molar-refractivity contribution in [2.45, 2.75) is 36.9 Å². The van der Waals surface area contributed by atoms with Gasteiger partial charge in [0.2, 0.25) is 0 Å². The van der Waals surface area contributed by atoms with Gasteiger partial charge in [-0.15, -0.1) is 11.3 Å². The molecule has 0 saturated carbocycles. The van der Waals surface area contributed by atoms with Crippen molar-refractivity contribution >= 4 is 22.9 Å². The van der Waals surface area contributed by atoms with Gasteiger partial charge in [-0.05, 0) is 35.7 Å². The number of ether oxygens (including phenoxy) is 1. The molecule has 0 bridgehead atoms. The highest BCUT2D eigenvalue weighted by Gasteiger charge is 2.44. The van der Waals surface area contributed by atoms with Gasteiger partial charge in [0.15, 0.2) is 0 Å². The Morgan fingerprint density at radius 2 is 1.72 bits per heavy atom. The topological polar surface area (TPSA) is 110 Å². The molecule has 1 aliphatic rings. The van der Waals surface area contributed by atoms with E-state index >= 15 is 0 Å². The number of phenolic OH excluding ortho intramolecular Hbond substituents is 1. The van der Waals surface area contributed by atoms with Gasteiger partial charge in [0.05, 0.1) is 10.9 Å². The molecule has 3 rings (SSSR count). The molecule has 1 aliphatic heterocycles. The molecule has 25 heavy (non-hydrogen) atoms. The number of aliphatic hydroxyl groups excluding tert-OH is 4. The zero-order valence-electron chi connectivity index (χ0n) is 13.1. The van der Waals surface area contributed by atoms with Crippen molar-refractivity contribution in [3.63, 3.8) is 0 Å². The Morgan fingerprint density at radius 3 is 2.36 bits per heavy atom. The molecular weight excluding hydrogens is 368 g/mol. The Hall–Kier alpha value is -1.19. The third-order valence-electron chi connectivity index (χ3n) is 4.28. The van der Waals surface area contributed by atoms with Gasteiger partial charge in [0, 0.05) is 4.88 Å². The molecule has 1 fully saturated rings. The summed E-state index contributed by atoms with van der Waals surface area (Å²) in [4.78, 5) is 0.607. The van der Waals surface area contributed by atoms with Crippen LogP contribution in [0.5, 0.6) is 5.75 Å². The molecule has 2 aromatic rings. The van der Waals surface area contributed by atoms with Crippen LogP contribution in [0.4, 0.5) is 0 Å². The molecule has 1 unspecified atom stereocenters. The van der Waals surface area contributed by atoms with E-state index in [4.69, 9.17) is 16.3 Å². The van der Waals surface area contributed by atoms with E-state index in [1.807, 2.05) is 0 Å². The Labute approximate surface area is 153 Å². The number of hydrogen-bond acceptors (Lipinski definition) is 7. The largest absolute Gasteiger partial charge is 0.508 e. The molecule has 8 heteroatoms. The summed E-state index contributed by atoms with van der Waals surface area (Å²) in [5.41, 5.74) is 1.78. The lowest BCUT2D eigenvalue weighted by molar-refractivity contribution is -0.230. The van der Waals surface area contributed by atoms with Gasteiger partial charge >= 0.3 is 0 Å². The van der Waals surface area contributed by atoms with Crippen molar-refractivity contribution in [1.29, 1.82) is 0 Å².